The summed E-state index contributed by atoms with van der Waals surface area (Å²) in [6.07, 6.45) is -2.18. The standard InChI is InChI=1S/C22H22F3NO7S/c1-4-32-21(29)18(27)17-13(3)16-15(12(2)19(17)33-34(30,31)22(23,24)25)11-26(20(16)28)10-14-8-6-5-7-9-14/h5-9,18,27H,4,10-11H2,1-3H3. The molecule has 0 radical (unpaired) electrons. The van der Waals surface area contributed by atoms with Crippen LogP contribution in [0.4, 0.5) is 13.2 Å². The average Bonchev–Trinajstić information content (AvgIpc) is 3.08. The molecule has 1 amide bonds. The first-order valence-electron chi connectivity index (χ1n) is 10.1. The van der Waals surface area contributed by atoms with Gasteiger partial charge in [-0.15, -0.1) is 0 Å². The molecule has 1 unspecified atom stereocenters. The lowest BCUT2D eigenvalue weighted by atomic mass is 9.90. The van der Waals surface area contributed by atoms with E-state index >= 15 is 0 Å². The van der Waals surface area contributed by atoms with Gasteiger partial charge in [-0.1, -0.05) is 30.3 Å². The molecule has 1 N–H and O–H groups in total. The third-order valence-electron chi connectivity index (χ3n) is 5.44. The minimum atomic E-state index is -6.14. The van der Waals surface area contributed by atoms with Crippen molar-refractivity contribution in [2.24, 2.45) is 0 Å². The maximum Gasteiger partial charge on any atom is 0.534 e. The number of halogens is 3. The van der Waals surface area contributed by atoms with Crippen LogP contribution >= 0.6 is 0 Å². The molecule has 0 fully saturated rings. The molecule has 1 atom stereocenters. The Morgan fingerprint density at radius 2 is 1.79 bits per heavy atom. The number of fused-ring (bicyclic) bond motifs is 1. The Labute approximate surface area is 194 Å². The van der Waals surface area contributed by atoms with E-state index in [4.69, 9.17) is 4.74 Å². The van der Waals surface area contributed by atoms with E-state index in [9.17, 15) is 36.3 Å². The summed E-state index contributed by atoms with van der Waals surface area (Å²) in [6.45, 7) is 4.00. The summed E-state index contributed by atoms with van der Waals surface area (Å²) in [5.74, 6) is -2.57. The second-order valence-corrected chi connectivity index (χ2v) is 9.17. The van der Waals surface area contributed by atoms with Crippen molar-refractivity contribution in [2.75, 3.05) is 6.61 Å². The second kappa shape index (κ2) is 9.26. The number of amides is 1. The Morgan fingerprint density at radius 1 is 1.18 bits per heavy atom. The van der Waals surface area contributed by atoms with E-state index in [0.717, 1.165) is 5.56 Å². The van der Waals surface area contributed by atoms with Crippen LogP contribution in [-0.2, 0) is 32.7 Å². The number of esters is 1. The van der Waals surface area contributed by atoms with Crippen LogP contribution in [0.5, 0.6) is 5.75 Å². The van der Waals surface area contributed by atoms with Crippen molar-refractivity contribution in [1.29, 1.82) is 0 Å². The van der Waals surface area contributed by atoms with Gasteiger partial charge in [-0.3, -0.25) is 4.79 Å². The molecule has 3 rings (SSSR count). The lowest BCUT2D eigenvalue weighted by Crippen LogP contribution is -2.30. The van der Waals surface area contributed by atoms with Gasteiger partial charge in [-0.25, -0.2) is 4.79 Å². The maximum absolute atomic E-state index is 13.2. The number of alkyl halides is 3. The van der Waals surface area contributed by atoms with E-state index in [1.807, 2.05) is 0 Å². The number of nitrogens with zero attached hydrogens (tertiary/aromatic N) is 1. The molecule has 34 heavy (non-hydrogen) atoms. The van der Waals surface area contributed by atoms with Gasteiger partial charge in [-0.05, 0) is 43.0 Å². The zero-order valence-electron chi connectivity index (χ0n) is 18.5. The molecule has 1 heterocycles. The first kappa shape index (κ1) is 25.5. The zero-order chi connectivity index (χ0) is 25.4. The number of hydrogen-bond donors (Lipinski definition) is 1. The minimum absolute atomic E-state index is 0.0338. The van der Waals surface area contributed by atoms with Crippen LogP contribution in [0.15, 0.2) is 30.3 Å². The third kappa shape index (κ3) is 4.60. The number of aliphatic hydroxyl groups excluding tert-OH is 1. The summed E-state index contributed by atoms with van der Waals surface area (Å²) < 4.78 is 72.0. The molecule has 0 aromatic heterocycles. The van der Waals surface area contributed by atoms with Crippen molar-refractivity contribution in [1.82, 2.24) is 4.90 Å². The number of hydrogen-bond acceptors (Lipinski definition) is 7. The van der Waals surface area contributed by atoms with E-state index in [0.29, 0.717) is 0 Å². The minimum Gasteiger partial charge on any atom is -0.464 e. The summed E-state index contributed by atoms with van der Waals surface area (Å²) in [5, 5.41) is 10.6. The number of ether oxygens (including phenoxy) is 1. The molecular weight excluding hydrogens is 479 g/mol. The highest BCUT2D eigenvalue weighted by atomic mass is 32.2. The fourth-order valence-electron chi connectivity index (χ4n) is 3.83. The highest BCUT2D eigenvalue weighted by Crippen LogP contribution is 2.43. The van der Waals surface area contributed by atoms with Crippen LogP contribution in [0.3, 0.4) is 0 Å². The first-order valence-corrected chi connectivity index (χ1v) is 11.6. The normalized spacial score (nSPS) is 14.7. The van der Waals surface area contributed by atoms with Crippen molar-refractivity contribution in [3.63, 3.8) is 0 Å². The van der Waals surface area contributed by atoms with Crippen molar-refractivity contribution in [3.05, 3.63) is 63.7 Å². The van der Waals surface area contributed by atoms with Crippen LogP contribution in [0, 0.1) is 13.8 Å². The number of rotatable bonds is 7. The third-order valence-corrected chi connectivity index (χ3v) is 6.40. The molecule has 0 spiro atoms. The maximum atomic E-state index is 13.2. The highest BCUT2D eigenvalue weighted by Gasteiger charge is 2.50. The van der Waals surface area contributed by atoms with E-state index in [2.05, 4.69) is 4.18 Å². The zero-order valence-corrected chi connectivity index (χ0v) is 19.3. The molecule has 184 valence electrons. The molecular formula is C22H22F3NO7S. The number of aliphatic hydroxyl groups is 1. The summed E-state index contributed by atoms with van der Waals surface area (Å²) in [4.78, 5) is 26.8. The Morgan fingerprint density at radius 3 is 2.35 bits per heavy atom. The Balaban J connectivity index is 2.17. The summed E-state index contributed by atoms with van der Waals surface area (Å²) >= 11 is 0. The second-order valence-electron chi connectivity index (χ2n) is 7.63. The predicted octanol–water partition coefficient (Wildman–Crippen LogP) is 3.28. The van der Waals surface area contributed by atoms with Crippen molar-refractivity contribution in [3.8, 4) is 5.75 Å². The summed E-state index contributed by atoms with van der Waals surface area (Å²) in [6, 6.07) is 8.93. The number of benzene rings is 2. The molecule has 0 bridgehead atoms. The monoisotopic (exact) mass is 501 g/mol. The van der Waals surface area contributed by atoms with E-state index in [-0.39, 0.29) is 42.0 Å². The molecule has 0 saturated carbocycles. The van der Waals surface area contributed by atoms with Gasteiger partial charge in [0.1, 0.15) is 0 Å². The van der Waals surface area contributed by atoms with E-state index < -0.39 is 44.9 Å². The fourth-order valence-corrected chi connectivity index (χ4v) is 4.36. The van der Waals surface area contributed by atoms with Crippen LogP contribution in [0.1, 0.15) is 51.2 Å². The Bertz CT molecular complexity index is 1230. The first-order chi connectivity index (χ1) is 15.8. The molecule has 2 aromatic rings. The molecule has 8 nitrogen and oxygen atoms in total. The number of carbonyl (C=O) groups excluding carboxylic acids is 2. The van der Waals surface area contributed by atoms with Gasteiger partial charge in [0.2, 0.25) is 0 Å². The van der Waals surface area contributed by atoms with Gasteiger partial charge in [-0.2, -0.15) is 21.6 Å². The molecule has 0 aliphatic carbocycles. The SMILES string of the molecule is CCOC(=O)C(O)c1c(C)c2c(c(C)c1OS(=O)(=O)C(F)(F)F)CN(Cc1ccccc1)C2=O. The smallest absolute Gasteiger partial charge is 0.464 e. The molecule has 0 saturated heterocycles. The van der Waals surface area contributed by atoms with Crippen LogP contribution in [0.2, 0.25) is 0 Å². The van der Waals surface area contributed by atoms with Crippen molar-refractivity contribution >= 4 is 22.0 Å². The molecule has 2 aromatic carbocycles. The van der Waals surface area contributed by atoms with Gasteiger partial charge >= 0.3 is 21.6 Å². The van der Waals surface area contributed by atoms with Gasteiger partial charge < -0.3 is 18.9 Å². The van der Waals surface area contributed by atoms with Crippen LogP contribution in [0.25, 0.3) is 0 Å². The molecule has 1 aliphatic heterocycles. The van der Waals surface area contributed by atoms with Gasteiger partial charge in [0.05, 0.1) is 6.61 Å². The summed E-state index contributed by atoms with van der Waals surface area (Å²) in [7, 11) is -6.14. The fraction of sp³-hybridized carbons (Fsp3) is 0.364. The van der Waals surface area contributed by atoms with Gasteiger partial charge in [0, 0.05) is 24.2 Å². The number of carbonyl (C=O) groups is 2. The lowest BCUT2D eigenvalue weighted by Gasteiger charge is -2.22. The van der Waals surface area contributed by atoms with Gasteiger partial charge in [0.25, 0.3) is 5.91 Å². The van der Waals surface area contributed by atoms with Crippen LogP contribution in [-0.4, -0.2) is 42.4 Å². The van der Waals surface area contributed by atoms with E-state index in [1.165, 1.54) is 25.7 Å². The van der Waals surface area contributed by atoms with Crippen molar-refractivity contribution in [2.45, 2.75) is 45.5 Å². The summed E-state index contributed by atoms with van der Waals surface area (Å²) in [5.41, 5.74) is -5.42. The quantitative estimate of drug-likeness (QED) is 0.352. The average molecular weight is 501 g/mol. The lowest BCUT2D eigenvalue weighted by molar-refractivity contribution is -0.153. The molecule has 12 heteroatoms. The highest BCUT2D eigenvalue weighted by molar-refractivity contribution is 7.88. The van der Waals surface area contributed by atoms with Crippen molar-refractivity contribution < 1.29 is 45.2 Å². The predicted molar refractivity (Wildman–Crippen MR) is 113 cm³/mol. The van der Waals surface area contributed by atoms with E-state index in [1.54, 1.807) is 30.3 Å². The molecule has 1 aliphatic rings. The van der Waals surface area contributed by atoms with Gasteiger partial charge in [0.15, 0.2) is 11.9 Å². The Kier molecular flexibility index (Phi) is 6.94. The largest absolute Gasteiger partial charge is 0.534 e. The topological polar surface area (TPSA) is 110 Å². The van der Waals surface area contributed by atoms with Crippen LogP contribution < -0.4 is 4.18 Å². The Hall–Kier alpha value is -3.12.